The van der Waals surface area contributed by atoms with Crippen LogP contribution in [0.2, 0.25) is 0 Å². The van der Waals surface area contributed by atoms with Gasteiger partial charge < -0.3 is 10.2 Å². The molecule has 0 aliphatic carbocycles. The summed E-state index contributed by atoms with van der Waals surface area (Å²) >= 11 is 0. The van der Waals surface area contributed by atoms with Crippen molar-refractivity contribution in [1.82, 2.24) is 9.21 Å². The van der Waals surface area contributed by atoms with Gasteiger partial charge in [-0.3, -0.25) is 0 Å². The van der Waals surface area contributed by atoms with Gasteiger partial charge >= 0.3 is 6.03 Å². The Kier molecular flexibility index (Phi) is 6.01. The molecule has 2 amide bonds. The first-order valence-electron chi connectivity index (χ1n) is 8.15. The molecule has 2 rings (SSSR count). The van der Waals surface area contributed by atoms with Crippen molar-refractivity contribution in [2.75, 3.05) is 31.5 Å². The number of amides is 2. The minimum Gasteiger partial charge on any atom is -0.325 e. The van der Waals surface area contributed by atoms with Gasteiger partial charge in [-0.05, 0) is 38.8 Å². The molecule has 1 aliphatic heterocycles. The molecule has 1 aromatic rings. The van der Waals surface area contributed by atoms with Gasteiger partial charge in [0.1, 0.15) is 4.90 Å². The Balaban J connectivity index is 2.28. The summed E-state index contributed by atoms with van der Waals surface area (Å²) < 4.78 is 27.2. The summed E-state index contributed by atoms with van der Waals surface area (Å²) in [4.78, 5) is 14.0. The van der Waals surface area contributed by atoms with Crippen LogP contribution in [0.15, 0.2) is 29.2 Å². The number of para-hydroxylation sites is 1. The highest BCUT2D eigenvalue weighted by molar-refractivity contribution is 7.89. The Morgan fingerprint density at radius 3 is 2.35 bits per heavy atom. The first-order chi connectivity index (χ1) is 11.0. The second-order valence-electron chi connectivity index (χ2n) is 5.56. The molecule has 6 nitrogen and oxygen atoms in total. The molecule has 1 N–H and O–H groups in total. The number of nitrogens with one attached hydrogen (secondary N) is 1. The number of benzene rings is 1. The largest absolute Gasteiger partial charge is 0.325 e. The molecule has 0 saturated carbocycles. The van der Waals surface area contributed by atoms with E-state index in [1.54, 1.807) is 29.2 Å². The Morgan fingerprint density at radius 2 is 1.74 bits per heavy atom. The van der Waals surface area contributed by atoms with Crippen molar-refractivity contribution in [3.05, 3.63) is 24.3 Å². The zero-order valence-corrected chi connectivity index (χ0v) is 14.6. The van der Waals surface area contributed by atoms with E-state index in [4.69, 9.17) is 0 Å². The fraction of sp³-hybridized carbons (Fsp3) is 0.562. The van der Waals surface area contributed by atoms with Crippen LogP contribution in [0.25, 0.3) is 0 Å². The third-order valence-electron chi connectivity index (χ3n) is 4.11. The average molecular weight is 339 g/mol. The number of hydrogen-bond acceptors (Lipinski definition) is 3. The third-order valence-corrected chi connectivity index (χ3v) is 6.07. The van der Waals surface area contributed by atoms with E-state index in [9.17, 15) is 13.2 Å². The summed E-state index contributed by atoms with van der Waals surface area (Å²) in [5.74, 6) is 0. The molecule has 0 bridgehead atoms. The Labute approximate surface area is 138 Å². The summed E-state index contributed by atoms with van der Waals surface area (Å²) in [6.45, 7) is 6.01. The van der Waals surface area contributed by atoms with Crippen molar-refractivity contribution in [2.45, 2.75) is 38.0 Å². The van der Waals surface area contributed by atoms with Crippen LogP contribution in [0.5, 0.6) is 0 Å². The molecule has 0 radical (unpaired) electrons. The van der Waals surface area contributed by atoms with E-state index in [1.165, 1.54) is 4.31 Å². The highest BCUT2D eigenvalue weighted by Crippen LogP contribution is 2.27. The quantitative estimate of drug-likeness (QED) is 0.897. The summed E-state index contributed by atoms with van der Waals surface area (Å²) in [7, 11) is -3.58. The molecule has 1 heterocycles. The minimum atomic E-state index is -3.58. The first-order valence-corrected chi connectivity index (χ1v) is 9.59. The fourth-order valence-corrected chi connectivity index (χ4v) is 4.41. The maximum atomic E-state index is 12.9. The van der Waals surface area contributed by atoms with Crippen molar-refractivity contribution in [3.63, 3.8) is 0 Å². The first kappa shape index (κ1) is 17.7. The molecule has 0 spiro atoms. The number of piperidine rings is 1. The number of urea groups is 1. The standard InChI is InChI=1S/C16H25N3O3S/c1-3-18(4-2)16(20)17-14-10-6-7-11-15(14)23(21,22)19-12-8-5-9-13-19/h6-7,10-11H,3-5,8-9,12-13H2,1-2H3,(H,17,20). The van der Waals surface area contributed by atoms with Gasteiger partial charge in [0, 0.05) is 26.2 Å². The van der Waals surface area contributed by atoms with E-state index in [0.717, 1.165) is 19.3 Å². The van der Waals surface area contributed by atoms with Gasteiger partial charge in [0.15, 0.2) is 0 Å². The summed E-state index contributed by atoms with van der Waals surface area (Å²) in [5.41, 5.74) is 0.343. The SMILES string of the molecule is CCN(CC)C(=O)Nc1ccccc1S(=O)(=O)N1CCCCC1. The number of carbonyl (C=O) groups excluding carboxylic acids is 1. The molecule has 0 aromatic heterocycles. The molecule has 7 heteroatoms. The number of nitrogens with zero attached hydrogens (tertiary/aromatic N) is 2. The van der Waals surface area contributed by atoms with E-state index in [1.807, 2.05) is 13.8 Å². The normalized spacial score (nSPS) is 16.1. The number of anilines is 1. The number of hydrogen-bond donors (Lipinski definition) is 1. The predicted octanol–water partition coefficient (Wildman–Crippen LogP) is 2.73. The van der Waals surface area contributed by atoms with Crippen LogP contribution >= 0.6 is 0 Å². The third kappa shape index (κ3) is 4.03. The summed E-state index contributed by atoms with van der Waals surface area (Å²) in [6, 6.07) is 6.33. The summed E-state index contributed by atoms with van der Waals surface area (Å²) in [5, 5.41) is 2.74. The fourth-order valence-electron chi connectivity index (χ4n) is 2.74. The highest BCUT2D eigenvalue weighted by Gasteiger charge is 2.28. The topological polar surface area (TPSA) is 69.7 Å². The maximum Gasteiger partial charge on any atom is 0.321 e. The van der Waals surface area contributed by atoms with Gasteiger partial charge in [0.05, 0.1) is 5.69 Å². The molecular weight excluding hydrogens is 314 g/mol. The second-order valence-corrected chi connectivity index (χ2v) is 7.47. The van der Waals surface area contributed by atoms with E-state index >= 15 is 0 Å². The number of rotatable bonds is 5. The molecule has 0 unspecified atom stereocenters. The van der Waals surface area contributed by atoms with E-state index in [0.29, 0.717) is 31.9 Å². The Hall–Kier alpha value is -1.60. The van der Waals surface area contributed by atoms with Crippen LogP contribution in [0, 0.1) is 0 Å². The van der Waals surface area contributed by atoms with Crippen molar-refractivity contribution in [3.8, 4) is 0 Å². The predicted molar refractivity (Wildman–Crippen MR) is 91.0 cm³/mol. The van der Waals surface area contributed by atoms with Crippen LogP contribution in [-0.2, 0) is 10.0 Å². The molecular formula is C16H25N3O3S. The minimum absolute atomic E-state index is 0.169. The molecule has 1 fully saturated rings. The molecule has 1 aromatic carbocycles. The Morgan fingerprint density at radius 1 is 1.13 bits per heavy atom. The van der Waals surface area contributed by atoms with Crippen molar-refractivity contribution in [2.24, 2.45) is 0 Å². The van der Waals surface area contributed by atoms with Gasteiger partial charge in [0.2, 0.25) is 10.0 Å². The van der Waals surface area contributed by atoms with Gasteiger partial charge in [-0.2, -0.15) is 4.31 Å². The van der Waals surface area contributed by atoms with Crippen LogP contribution in [0.3, 0.4) is 0 Å². The zero-order valence-electron chi connectivity index (χ0n) is 13.8. The van der Waals surface area contributed by atoms with Crippen molar-refractivity contribution >= 4 is 21.7 Å². The average Bonchev–Trinajstić information content (AvgIpc) is 2.57. The lowest BCUT2D eigenvalue weighted by Gasteiger charge is -2.27. The van der Waals surface area contributed by atoms with E-state index < -0.39 is 10.0 Å². The van der Waals surface area contributed by atoms with Crippen LogP contribution in [-0.4, -0.2) is 49.8 Å². The maximum absolute atomic E-state index is 12.9. The zero-order chi connectivity index (χ0) is 16.9. The van der Waals surface area contributed by atoms with Gasteiger partial charge in [-0.1, -0.05) is 18.6 Å². The molecule has 128 valence electrons. The van der Waals surface area contributed by atoms with Crippen molar-refractivity contribution < 1.29 is 13.2 Å². The summed E-state index contributed by atoms with van der Waals surface area (Å²) in [6.07, 6.45) is 2.83. The van der Waals surface area contributed by atoms with Crippen molar-refractivity contribution in [1.29, 1.82) is 0 Å². The van der Waals surface area contributed by atoms with E-state index in [2.05, 4.69) is 5.32 Å². The second kappa shape index (κ2) is 7.79. The molecule has 0 atom stereocenters. The smallest absolute Gasteiger partial charge is 0.321 e. The molecule has 1 aliphatic rings. The molecule has 23 heavy (non-hydrogen) atoms. The lowest BCUT2D eigenvalue weighted by molar-refractivity contribution is 0.217. The van der Waals surface area contributed by atoms with Gasteiger partial charge in [0.25, 0.3) is 0 Å². The lowest BCUT2D eigenvalue weighted by atomic mass is 10.2. The van der Waals surface area contributed by atoms with E-state index in [-0.39, 0.29) is 10.9 Å². The number of sulfonamides is 1. The van der Waals surface area contributed by atoms with Crippen LogP contribution < -0.4 is 5.32 Å². The monoisotopic (exact) mass is 339 g/mol. The highest BCUT2D eigenvalue weighted by atomic mass is 32.2. The lowest BCUT2D eigenvalue weighted by Crippen LogP contribution is -2.37. The van der Waals surface area contributed by atoms with Gasteiger partial charge in [-0.15, -0.1) is 0 Å². The van der Waals surface area contributed by atoms with Crippen LogP contribution in [0.1, 0.15) is 33.1 Å². The van der Waals surface area contributed by atoms with Crippen LogP contribution in [0.4, 0.5) is 10.5 Å². The Bertz CT molecular complexity index is 636. The van der Waals surface area contributed by atoms with Gasteiger partial charge in [-0.25, -0.2) is 13.2 Å². The number of carbonyl (C=O) groups is 1. The molecule has 1 saturated heterocycles.